The van der Waals surface area contributed by atoms with Gasteiger partial charge in [-0.25, -0.2) is 17.5 Å². The maximum atomic E-state index is 12.7. The molecule has 0 aliphatic carbocycles. The average Bonchev–Trinajstić information content (AvgIpc) is 3.24. The number of H-pyrrole nitrogens is 1. The lowest BCUT2D eigenvalue weighted by Gasteiger charge is -2.13. The summed E-state index contributed by atoms with van der Waals surface area (Å²) in [6.07, 6.45) is 2.92. The number of rotatable bonds is 9. The molecule has 3 heterocycles. The second-order valence-electron chi connectivity index (χ2n) is 5.50. The molecule has 0 unspecified atom stereocenters. The van der Waals surface area contributed by atoms with Crippen LogP contribution in [0.4, 0.5) is 10.3 Å². The van der Waals surface area contributed by atoms with E-state index < -0.39 is 16.7 Å². The van der Waals surface area contributed by atoms with E-state index in [0.717, 1.165) is 0 Å². The summed E-state index contributed by atoms with van der Waals surface area (Å²) in [7, 11) is -1.43. The minimum Gasteiger partial charge on any atom is -0.481 e. The maximum Gasteiger partial charge on any atom is 0.265 e. The van der Waals surface area contributed by atoms with Crippen LogP contribution < -0.4 is 18.9 Å². The molecule has 3 rings (SSSR count). The van der Waals surface area contributed by atoms with Gasteiger partial charge in [0.15, 0.2) is 0 Å². The number of nitrogens with zero attached hydrogens (tertiary/aromatic N) is 3. The van der Waals surface area contributed by atoms with E-state index >= 15 is 0 Å². The molecule has 0 aromatic carbocycles. The van der Waals surface area contributed by atoms with Gasteiger partial charge in [0.25, 0.3) is 21.8 Å². The molecule has 10 nitrogen and oxygen atoms in total. The van der Waals surface area contributed by atoms with Crippen molar-refractivity contribution < 1.29 is 27.0 Å². The van der Waals surface area contributed by atoms with E-state index in [1.54, 1.807) is 24.4 Å². The number of methoxy groups -OCH3 is 2. The molecule has 0 amide bonds. The van der Waals surface area contributed by atoms with Crippen LogP contribution in [0.5, 0.6) is 17.5 Å². The van der Waals surface area contributed by atoms with Crippen LogP contribution in [-0.2, 0) is 10.0 Å². The summed E-state index contributed by atoms with van der Waals surface area (Å²) in [5.74, 6) is -0.543. The number of ether oxygens (including phenoxy) is 3. The summed E-state index contributed by atoms with van der Waals surface area (Å²) < 4.78 is 55.4. The van der Waals surface area contributed by atoms with E-state index in [2.05, 4.69) is 24.7 Å². The zero-order valence-electron chi connectivity index (χ0n) is 15.5. The van der Waals surface area contributed by atoms with Gasteiger partial charge >= 0.3 is 0 Å². The molecule has 0 aliphatic rings. The Hall–Kier alpha value is -3.41. The summed E-state index contributed by atoms with van der Waals surface area (Å²) >= 11 is 0. The highest BCUT2D eigenvalue weighted by Gasteiger charge is 2.23. The zero-order valence-corrected chi connectivity index (χ0v) is 16.4. The van der Waals surface area contributed by atoms with Crippen molar-refractivity contribution in [3.8, 4) is 28.9 Å². The van der Waals surface area contributed by atoms with Gasteiger partial charge in [0, 0.05) is 12.4 Å². The lowest BCUT2D eigenvalue weighted by molar-refractivity contribution is 0.240. The van der Waals surface area contributed by atoms with Crippen molar-refractivity contribution in [3.05, 3.63) is 36.7 Å². The molecule has 29 heavy (non-hydrogen) atoms. The molecule has 0 fully saturated rings. The number of aromatic nitrogens is 4. The predicted octanol–water partition coefficient (Wildman–Crippen LogP) is 2.03. The Kier molecular flexibility index (Phi) is 6.12. The van der Waals surface area contributed by atoms with Crippen molar-refractivity contribution in [2.24, 2.45) is 0 Å². The minimum atomic E-state index is -4.03. The number of pyridine rings is 1. The molecule has 3 aromatic heterocycles. The van der Waals surface area contributed by atoms with Gasteiger partial charge in [-0.2, -0.15) is 9.97 Å². The van der Waals surface area contributed by atoms with Gasteiger partial charge in [0.05, 0.1) is 25.6 Å². The van der Waals surface area contributed by atoms with E-state index in [9.17, 15) is 12.8 Å². The summed E-state index contributed by atoms with van der Waals surface area (Å²) in [6.45, 7) is -1.01. The second kappa shape index (κ2) is 8.73. The van der Waals surface area contributed by atoms with Crippen LogP contribution in [-0.4, -0.2) is 55.9 Å². The molecule has 0 aliphatic heterocycles. The molecule has 12 heteroatoms. The van der Waals surface area contributed by atoms with Crippen molar-refractivity contribution in [1.82, 2.24) is 19.9 Å². The third-order valence-corrected chi connectivity index (χ3v) is 4.95. The van der Waals surface area contributed by atoms with E-state index in [0.29, 0.717) is 11.4 Å². The molecule has 0 saturated carbocycles. The number of aromatic amines is 1. The Balaban J connectivity index is 1.89. The van der Waals surface area contributed by atoms with Crippen LogP contribution in [0.1, 0.15) is 0 Å². The third-order valence-electron chi connectivity index (χ3n) is 3.65. The van der Waals surface area contributed by atoms with Gasteiger partial charge in [0.2, 0.25) is 11.7 Å². The van der Waals surface area contributed by atoms with Crippen LogP contribution in [0, 0.1) is 0 Å². The molecule has 0 saturated heterocycles. The third kappa shape index (κ3) is 4.54. The van der Waals surface area contributed by atoms with E-state index in [4.69, 9.17) is 14.2 Å². The lowest BCUT2D eigenvalue weighted by atomic mass is 10.3. The fraction of sp³-hybridized carbons (Fsp3) is 0.235. The number of sulfonamides is 1. The van der Waals surface area contributed by atoms with Crippen LogP contribution >= 0.6 is 0 Å². The number of hydrogen-bond acceptors (Lipinski definition) is 8. The normalized spacial score (nSPS) is 11.1. The minimum absolute atomic E-state index is 0.0327. The van der Waals surface area contributed by atoms with Gasteiger partial charge in [0.1, 0.15) is 18.2 Å². The fourth-order valence-electron chi connectivity index (χ4n) is 2.38. The Bertz CT molecular complexity index is 1050. The quantitative estimate of drug-likeness (QED) is 0.535. The summed E-state index contributed by atoms with van der Waals surface area (Å²) in [5.41, 5.74) is 1.11. The van der Waals surface area contributed by atoms with Crippen LogP contribution in [0.25, 0.3) is 11.4 Å². The molecule has 154 valence electrons. The predicted molar refractivity (Wildman–Crippen MR) is 101 cm³/mol. The first-order valence-corrected chi connectivity index (χ1v) is 9.78. The lowest BCUT2D eigenvalue weighted by Crippen LogP contribution is -2.16. The molecule has 3 aromatic rings. The van der Waals surface area contributed by atoms with Crippen LogP contribution in [0.3, 0.4) is 0 Å². The number of halogens is 1. The summed E-state index contributed by atoms with van der Waals surface area (Å²) in [6, 6.07) is 6.71. The SMILES string of the molecule is COc1nc(NS(=O)(=O)c2c[nH]c(-c3ccccn3)c2)nc(OC)c1OCCF. The first kappa shape index (κ1) is 20.3. The highest BCUT2D eigenvalue weighted by atomic mass is 32.2. The van der Waals surface area contributed by atoms with Gasteiger partial charge in [-0.3, -0.25) is 4.98 Å². The van der Waals surface area contributed by atoms with Crippen molar-refractivity contribution in [3.63, 3.8) is 0 Å². The van der Waals surface area contributed by atoms with Gasteiger partial charge in [-0.15, -0.1) is 0 Å². The van der Waals surface area contributed by atoms with Gasteiger partial charge in [-0.1, -0.05) is 6.07 Å². The number of nitrogens with one attached hydrogen (secondary N) is 2. The summed E-state index contributed by atoms with van der Waals surface area (Å²) in [5, 5.41) is 0. The molecule has 0 spiro atoms. The van der Waals surface area contributed by atoms with Crippen molar-refractivity contribution >= 4 is 16.0 Å². The smallest absolute Gasteiger partial charge is 0.265 e. The molecule has 0 radical (unpaired) electrons. The van der Waals surface area contributed by atoms with Gasteiger partial charge < -0.3 is 19.2 Å². The van der Waals surface area contributed by atoms with E-state index in [1.807, 2.05) is 0 Å². The topological polar surface area (TPSA) is 128 Å². The molecule has 2 N–H and O–H groups in total. The number of hydrogen-bond donors (Lipinski definition) is 2. The van der Waals surface area contributed by atoms with Gasteiger partial charge in [-0.05, 0) is 18.2 Å². The number of alkyl halides is 1. The Labute approximate surface area is 166 Å². The highest BCUT2D eigenvalue weighted by molar-refractivity contribution is 7.92. The summed E-state index contributed by atoms with van der Waals surface area (Å²) in [4.78, 5) is 14.9. The Morgan fingerprint density at radius 3 is 2.48 bits per heavy atom. The van der Waals surface area contributed by atoms with E-state index in [1.165, 1.54) is 26.5 Å². The molecular weight excluding hydrogens is 405 g/mol. The standard InChI is InChI=1S/C17H18FN5O5S/c1-26-15-14(28-8-6-18)16(27-2)22-17(21-15)23-29(24,25)11-9-13(20-10-11)12-5-3-4-7-19-12/h3-5,7,9-10,20H,6,8H2,1-2H3,(H,21,22,23). The first-order valence-electron chi connectivity index (χ1n) is 8.30. The second-order valence-corrected chi connectivity index (χ2v) is 7.18. The largest absolute Gasteiger partial charge is 0.481 e. The van der Waals surface area contributed by atoms with E-state index in [-0.39, 0.29) is 35.0 Å². The Morgan fingerprint density at radius 1 is 1.17 bits per heavy atom. The monoisotopic (exact) mass is 423 g/mol. The van der Waals surface area contributed by atoms with Crippen molar-refractivity contribution in [2.45, 2.75) is 4.90 Å². The average molecular weight is 423 g/mol. The Morgan fingerprint density at radius 2 is 1.90 bits per heavy atom. The molecule has 0 atom stereocenters. The first-order chi connectivity index (χ1) is 14.0. The maximum absolute atomic E-state index is 12.7. The number of anilines is 1. The van der Waals surface area contributed by atoms with Crippen LogP contribution in [0.2, 0.25) is 0 Å². The molecular formula is C17H18FN5O5S. The van der Waals surface area contributed by atoms with Crippen LogP contribution in [0.15, 0.2) is 41.6 Å². The highest BCUT2D eigenvalue weighted by Crippen LogP contribution is 2.35. The van der Waals surface area contributed by atoms with Crippen molar-refractivity contribution in [2.75, 3.05) is 32.2 Å². The molecule has 0 bridgehead atoms. The van der Waals surface area contributed by atoms with Crippen molar-refractivity contribution in [1.29, 1.82) is 0 Å². The fourth-order valence-corrected chi connectivity index (χ4v) is 3.31. The zero-order chi connectivity index (χ0) is 20.9.